The van der Waals surface area contributed by atoms with E-state index in [1.807, 2.05) is 66.1 Å². The minimum Gasteiger partial charge on any atom is -0.462 e. The molecule has 396 valence electrons. The minimum absolute atomic E-state index is 0.00271. The molecule has 4 aliphatic rings. The molecule has 0 aliphatic carbocycles. The predicted octanol–water partition coefficient (Wildman–Crippen LogP) is 4.88. The highest BCUT2D eigenvalue weighted by atomic mass is 16.7. The molecule has 4 aliphatic heterocycles. The molecule has 0 amide bonds. The zero-order chi connectivity index (χ0) is 51.3. The number of carbonyl (C=O) groups is 4. The van der Waals surface area contributed by atoms with E-state index >= 15 is 0 Å². The summed E-state index contributed by atoms with van der Waals surface area (Å²) in [6.07, 6.45) is -1.73. The summed E-state index contributed by atoms with van der Waals surface area (Å²) in [7, 11) is 9.03. The van der Waals surface area contributed by atoms with E-state index in [0.717, 1.165) is 12.7 Å². The van der Waals surface area contributed by atoms with Crippen LogP contribution in [0.4, 0.5) is 0 Å². The van der Waals surface area contributed by atoms with E-state index in [0.29, 0.717) is 19.3 Å². The first-order chi connectivity index (χ1) is 32.5. The summed E-state index contributed by atoms with van der Waals surface area (Å²) in [5.41, 5.74) is -1.51. The third-order valence-corrected chi connectivity index (χ3v) is 13.7. The minimum atomic E-state index is -1.51. The van der Waals surface area contributed by atoms with Crippen LogP contribution in [0.3, 0.4) is 0 Å². The summed E-state index contributed by atoms with van der Waals surface area (Å²) in [5.74, 6) is -2.53. The number of nitrogens with zero attached hydrogens (tertiary/aromatic N) is 2. The highest BCUT2D eigenvalue weighted by molar-refractivity contribution is 5.72. The number of aldehydes is 1. The van der Waals surface area contributed by atoms with Gasteiger partial charge in [-0.1, -0.05) is 52.0 Å². The van der Waals surface area contributed by atoms with Gasteiger partial charge in [0.2, 0.25) is 0 Å². The van der Waals surface area contributed by atoms with Gasteiger partial charge in [-0.2, -0.15) is 0 Å². The van der Waals surface area contributed by atoms with Crippen LogP contribution in [0.5, 0.6) is 0 Å². The van der Waals surface area contributed by atoms with Crippen molar-refractivity contribution in [2.45, 2.75) is 224 Å². The molecule has 0 aromatic carbocycles. The Balaban J connectivity index is 1.71. The molecule has 19 atom stereocenters. The Morgan fingerprint density at radius 1 is 0.884 bits per heavy atom. The fraction of sp³-hybridized carbons (Fsp3) is 0.843. The molecule has 0 spiro atoms. The first-order valence-electron chi connectivity index (χ1n) is 25.0. The first kappa shape index (κ1) is 58.7. The summed E-state index contributed by atoms with van der Waals surface area (Å²) < 4.78 is 63.0. The molecule has 4 rings (SSSR count). The molecular formula is C51H86N2O16. The number of aliphatic hydroxyl groups excluding tert-OH is 1. The van der Waals surface area contributed by atoms with Crippen LogP contribution in [0.2, 0.25) is 0 Å². The Kier molecular flexibility index (Phi) is 23.2. The van der Waals surface area contributed by atoms with E-state index in [9.17, 15) is 29.4 Å². The summed E-state index contributed by atoms with van der Waals surface area (Å²) >= 11 is 0. The SMILES string of the molecule is CCC(=O)O[C@@H]1CC(=O)O[C@H](C)C/C=C/C=C/[C@H](O[C@H]2CC[C@H](N(C)C)[C@@H](C)O2)[C@H](C)C[C@H](CC=O)[C@H](O[C@@H]2O[C@H](C)[C@@H](O[C@H]3C[C@@](C)(O)[C@@H](OC(=O)CC(C)C)[C@H](C)O3)[C@H](N(C)C)[C@H]2O)C1OC. The molecule has 3 fully saturated rings. The van der Waals surface area contributed by atoms with Crippen molar-refractivity contribution < 1.29 is 76.8 Å². The number of likely N-dealkylation sites (N-methyl/N-ethyl adjacent to an activating group) is 2. The molecule has 0 aromatic heterocycles. The van der Waals surface area contributed by atoms with Crippen molar-refractivity contribution in [3.05, 3.63) is 24.3 Å². The standard InChI is InChI=1S/C51H86N2O16/c1-15-39(55)65-38-27-41(57)61-31(5)19-17-16-18-20-37(66-42-22-21-36(52(10)11)32(6)62-42)30(4)26-35(23-24-54)47(48(38)60-14)69-50-45(58)44(53(12)13)46(33(7)64-50)68-43-28-51(9,59)49(34(8)63-43)67-40(56)25-29(2)3/h16-18,20,24,29-38,42-50,58-59H,15,19,21-23,25-28H2,1-14H3/b17-16+,20-18+/t30-,31-,32-,33-,34+,35+,36+,37+,38-,42+,43+,44-,45-,46-,47+,48?,49+,50+,51-/m1/s1. The monoisotopic (exact) mass is 983 g/mol. The number of hydrogen-bond acceptors (Lipinski definition) is 18. The van der Waals surface area contributed by atoms with Crippen LogP contribution < -0.4 is 0 Å². The maximum atomic E-state index is 13.6. The number of ether oxygens (including phenoxy) is 10. The lowest BCUT2D eigenvalue weighted by Gasteiger charge is -2.50. The molecule has 0 radical (unpaired) electrons. The largest absolute Gasteiger partial charge is 0.462 e. The zero-order valence-electron chi connectivity index (χ0n) is 43.7. The van der Waals surface area contributed by atoms with Gasteiger partial charge in [-0.25, -0.2) is 0 Å². The summed E-state index contributed by atoms with van der Waals surface area (Å²) in [4.78, 5) is 56.1. The van der Waals surface area contributed by atoms with E-state index in [1.54, 1.807) is 53.6 Å². The topological polar surface area (TPSA) is 208 Å². The van der Waals surface area contributed by atoms with Gasteiger partial charge in [0.1, 0.15) is 42.4 Å². The Labute approximate surface area is 410 Å². The number of esters is 3. The predicted molar refractivity (Wildman–Crippen MR) is 254 cm³/mol. The van der Waals surface area contributed by atoms with Crippen LogP contribution in [-0.2, 0) is 66.5 Å². The van der Waals surface area contributed by atoms with Gasteiger partial charge in [0.05, 0.1) is 43.0 Å². The van der Waals surface area contributed by atoms with Crippen molar-refractivity contribution in [2.24, 2.45) is 17.8 Å². The molecule has 18 heteroatoms. The molecule has 3 saturated heterocycles. The van der Waals surface area contributed by atoms with Crippen molar-refractivity contribution in [1.29, 1.82) is 0 Å². The van der Waals surface area contributed by atoms with E-state index in [-0.39, 0.29) is 56.1 Å². The lowest BCUT2D eigenvalue weighted by Crippen LogP contribution is -2.66. The molecule has 0 bridgehead atoms. The first-order valence-corrected chi connectivity index (χ1v) is 25.0. The van der Waals surface area contributed by atoms with Crippen molar-refractivity contribution in [2.75, 3.05) is 35.3 Å². The average Bonchev–Trinajstić information content (AvgIpc) is 3.24. The molecule has 0 aromatic rings. The van der Waals surface area contributed by atoms with Crippen molar-refractivity contribution in [3.63, 3.8) is 0 Å². The molecular weight excluding hydrogens is 897 g/mol. The third-order valence-electron chi connectivity index (χ3n) is 13.7. The Morgan fingerprint density at radius 2 is 1.58 bits per heavy atom. The van der Waals surface area contributed by atoms with E-state index < -0.39 is 115 Å². The second kappa shape index (κ2) is 27.3. The third kappa shape index (κ3) is 16.8. The van der Waals surface area contributed by atoms with Gasteiger partial charge in [-0.05, 0) is 99.8 Å². The normalized spacial score (nSPS) is 40.8. The molecule has 18 nitrogen and oxygen atoms in total. The molecule has 0 saturated carbocycles. The number of hydrogen-bond donors (Lipinski definition) is 2. The van der Waals surface area contributed by atoms with Gasteiger partial charge in [0.15, 0.2) is 25.0 Å². The summed E-state index contributed by atoms with van der Waals surface area (Å²) in [5, 5.41) is 24.0. The van der Waals surface area contributed by atoms with Crippen molar-refractivity contribution in [3.8, 4) is 0 Å². The Bertz CT molecular complexity index is 1680. The number of allylic oxidation sites excluding steroid dienone is 2. The van der Waals surface area contributed by atoms with Gasteiger partial charge in [0.25, 0.3) is 0 Å². The second-order valence-corrected chi connectivity index (χ2v) is 20.7. The molecule has 1 unspecified atom stereocenters. The van der Waals surface area contributed by atoms with Gasteiger partial charge < -0.3 is 72.2 Å². The average molecular weight is 983 g/mol. The van der Waals surface area contributed by atoms with Crippen molar-refractivity contribution >= 4 is 24.2 Å². The summed E-state index contributed by atoms with van der Waals surface area (Å²) in [6, 6.07) is -0.551. The Hall–Kier alpha value is -2.88. The van der Waals surface area contributed by atoms with Crippen LogP contribution >= 0.6 is 0 Å². The van der Waals surface area contributed by atoms with Crippen LogP contribution in [0.1, 0.15) is 120 Å². The molecule has 4 heterocycles. The van der Waals surface area contributed by atoms with Crippen molar-refractivity contribution in [1.82, 2.24) is 9.80 Å². The zero-order valence-corrected chi connectivity index (χ0v) is 43.7. The van der Waals surface area contributed by atoms with Gasteiger partial charge in [-0.3, -0.25) is 14.4 Å². The summed E-state index contributed by atoms with van der Waals surface area (Å²) in [6.45, 7) is 16.3. The number of aliphatic hydroxyl groups is 2. The molecule has 2 N–H and O–H groups in total. The number of carbonyl (C=O) groups excluding carboxylic acids is 4. The second-order valence-electron chi connectivity index (χ2n) is 20.7. The van der Waals surface area contributed by atoms with Gasteiger partial charge >= 0.3 is 17.9 Å². The quantitative estimate of drug-likeness (QED) is 0.120. The van der Waals surface area contributed by atoms with Crippen LogP contribution in [0.25, 0.3) is 0 Å². The van der Waals surface area contributed by atoms with E-state index in [1.165, 1.54) is 7.11 Å². The maximum Gasteiger partial charge on any atom is 0.309 e. The van der Waals surface area contributed by atoms with Crippen LogP contribution in [0.15, 0.2) is 24.3 Å². The Morgan fingerprint density at radius 3 is 2.17 bits per heavy atom. The van der Waals surface area contributed by atoms with Crippen LogP contribution in [-0.4, -0.2) is 183 Å². The van der Waals surface area contributed by atoms with E-state index in [4.69, 9.17) is 47.4 Å². The number of cyclic esters (lactones) is 1. The number of methoxy groups -OCH3 is 1. The van der Waals surface area contributed by atoms with Gasteiger partial charge in [0, 0.05) is 45.3 Å². The smallest absolute Gasteiger partial charge is 0.309 e. The fourth-order valence-electron chi connectivity index (χ4n) is 10.2. The number of rotatable bonds is 16. The highest BCUT2D eigenvalue weighted by Gasteiger charge is 2.53. The van der Waals surface area contributed by atoms with Crippen LogP contribution in [0, 0.1) is 17.8 Å². The maximum absolute atomic E-state index is 13.6. The lowest BCUT2D eigenvalue weighted by molar-refractivity contribution is -0.344. The van der Waals surface area contributed by atoms with E-state index in [2.05, 4.69) is 4.90 Å². The van der Waals surface area contributed by atoms with Gasteiger partial charge in [-0.15, -0.1) is 0 Å². The highest BCUT2D eigenvalue weighted by Crippen LogP contribution is 2.38. The molecule has 69 heavy (non-hydrogen) atoms. The lowest BCUT2D eigenvalue weighted by atomic mass is 9.82. The fourth-order valence-corrected chi connectivity index (χ4v) is 10.2.